The van der Waals surface area contributed by atoms with Gasteiger partial charge in [0, 0.05) is 46.0 Å². The molecule has 0 saturated carbocycles. The summed E-state index contributed by atoms with van der Waals surface area (Å²) in [6.45, 7) is 4.03. The second kappa shape index (κ2) is 8.67. The Labute approximate surface area is 128 Å². The Kier molecular flexibility index (Phi) is 7.22. The van der Waals surface area contributed by atoms with Crippen molar-refractivity contribution in [1.29, 1.82) is 0 Å². The number of aliphatic imine (C=N–C) groups is 1. The molecule has 0 bridgehead atoms. The number of guanidine groups is 1. The van der Waals surface area contributed by atoms with Gasteiger partial charge < -0.3 is 15.1 Å². The third-order valence-electron chi connectivity index (χ3n) is 3.61. The number of nitrogens with one attached hydrogen (secondary N) is 1. The van der Waals surface area contributed by atoms with Crippen molar-refractivity contribution in [3.63, 3.8) is 0 Å². The van der Waals surface area contributed by atoms with Gasteiger partial charge in [0.15, 0.2) is 5.96 Å². The highest BCUT2D eigenvalue weighted by atomic mass is 15.3. The van der Waals surface area contributed by atoms with E-state index in [2.05, 4.69) is 59.5 Å². The van der Waals surface area contributed by atoms with Crippen molar-refractivity contribution in [2.45, 2.75) is 25.8 Å². The third-order valence-corrected chi connectivity index (χ3v) is 3.61. The van der Waals surface area contributed by atoms with Crippen LogP contribution in [0.4, 0.5) is 0 Å². The molecular weight excluding hydrogens is 264 g/mol. The van der Waals surface area contributed by atoms with Gasteiger partial charge in [0.25, 0.3) is 0 Å². The summed E-state index contributed by atoms with van der Waals surface area (Å²) in [6, 6.07) is 0.273. The lowest BCUT2D eigenvalue weighted by atomic mass is 10.1. The largest absolute Gasteiger partial charge is 0.354 e. The van der Waals surface area contributed by atoms with Crippen LogP contribution in [0.25, 0.3) is 0 Å². The Balaban J connectivity index is 2.64. The molecule has 0 fully saturated rings. The molecule has 1 rings (SSSR count). The van der Waals surface area contributed by atoms with Crippen LogP contribution >= 0.6 is 0 Å². The molecule has 0 aromatic carbocycles. The maximum atomic E-state index is 4.36. The summed E-state index contributed by atoms with van der Waals surface area (Å²) in [4.78, 5) is 8.74. The lowest BCUT2D eigenvalue weighted by molar-refractivity contribution is 0.295. The number of hydrogen-bond donors (Lipinski definition) is 1. The minimum absolute atomic E-state index is 0.273. The molecule has 0 radical (unpaired) electrons. The predicted octanol–water partition coefficient (Wildman–Crippen LogP) is 1.33. The van der Waals surface area contributed by atoms with Gasteiger partial charge in [-0.2, -0.15) is 5.10 Å². The fourth-order valence-corrected chi connectivity index (χ4v) is 2.28. The second-order valence-corrected chi connectivity index (χ2v) is 5.63. The van der Waals surface area contributed by atoms with Crippen LogP contribution in [0.15, 0.2) is 17.4 Å². The van der Waals surface area contributed by atoms with E-state index in [1.807, 2.05) is 25.0 Å². The van der Waals surface area contributed by atoms with E-state index in [4.69, 9.17) is 0 Å². The average Bonchev–Trinajstić information content (AvgIpc) is 2.86. The molecule has 0 aliphatic heterocycles. The first-order valence-electron chi connectivity index (χ1n) is 7.56. The van der Waals surface area contributed by atoms with E-state index in [1.165, 1.54) is 18.4 Å². The average molecular weight is 294 g/mol. The van der Waals surface area contributed by atoms with Crippen LogP contribution in [0, 0.1) is 0 Å². The second-order valence-electron chi connectivity index (χ2n) is 5.63. The van der Waals surface area contributed by atoms with Crippen molar-refractivity contribution in [1.82, 2.24) is 24.9 Å². The van der Waals surface area contributed by atoms with Crippen molar-refractivity contribution in [3.8, 4) is 0 Å². The fourth-order valence-electron chi connectivity index (χ4n) is 2.28. The molecule has 0 spiro atoms. The van der Waals surface area contributed by atoms with E-state index in [0.717, 1.165) is 19.0 Å². The highest BCUT2D eigenvalue weighted by Crippen LogP contribution is 2.16. The molecule has 21 heavy (non-hydrogen) atoms. The summed E-state index contributed by atoms with van der Waals surface area (Å²) in [7, 11) is 10.0. The van der Waals surface area contributed by atoms with Crippen molar-refractivity contribution < 1.29 is 0 Å². The molecule has 1 heterocycles. The van der Waals surface area contributed by atoms with Gasteiger partial charge in [0.05, 0.1) is 12.2 Å². The van der Waals surface area contributed by atoms with Crippen LogP contribution in [0.1, 0.15) is 31.4 Å². The molecule has 0 aliphatic rings. The molecule has 0 aliphatic carbocycles. The van der Waals surface area contributed by atoms with E-state index in [1.54, 1.807) is 0 Å². The molecule has 1 atom stereocenters. The van der Waals surface area contributed by atoms with Crippen LogP contribution in [-0.4, -0.2) is 66.8 Å². The van der Waals surface area contributed by atoms with Gasteiger partial charge in [0.2, 0.25) is 0 Å². The lowest BCUT2D eigenvalue weighted by Gasteiger charge is -2.27. The number of unbranched alkanes of at least 4 members (excludes halogenated alkanes) is 1. The Hall–Kier alpha value is -1.56. The van der Waals surface area contributed by atoms with E-state index in [0.29, 0.717) is 0 Å². The van der Waals surface area contributed by atoms with Gasteiger partial charge >= 0.3 is 0 Å². The fraction of sp³-hybridized carbons (Fsp3) is 0.733. The summed E-state index contributed by atoms with van der Waals surface area (Å²) < 4.78 is 1.84. The standard InChI is InChI=1S/C15H30N6/c1-7-8-9-20(5)15(16-2)17-11-14(19(3)4)13-10-18-21(6)12-13/h10,12,14H,7-9,11H2,1-6H3,(H,16,17). The SMILES string of the molecule is CCCCN(C)C(=NC)NCC(c1cnn(C)c1)N(C)C. The highest BCUT2D eigenvalue weighted by molar-refractivity contribution is 5.79. The van der Waals surface area contributed by atoms with Crippen LogP contribution in [0.3, 0.4) is 0 Å². The molecule has 1 unspecified atom stereocenters. The topological polar surface area (TPSA) is 48.7 Å². The number of aryl methyl sites for hydroxylation is 1. The summed E-state index contributed by atoms with van der Waals surface area (Å²) in [5.41, 5.74) is 1.21. The molecule has 0 saturated heterocycles. The first kappa shape index (κ1) is 17.5. The maximum Gasteiger partial charge on any atom is 0.193 e. The number of nitrogens with zero attached hydrogens (tertiary/aromatic N) is 5. The van der Waals surface area contributed by atoms with Crippen LogP contribution in [-0.2, 0) is 7.05 Å². The van der Waals surface area contributed by atoms with Gasteiger partial charge in [0.1, 0.15) is 0 Å². The number of aromatic nitrogens is 2. The van der Waals surface area contributed by atoms with Crippen molar-refractivity contribution in [2.24, 2.45) is 12.0 Å². The monoisotopic (exact) mass is 294 g/mol. The van der Waals surface area contributed by atoms with Gasteiger partial charge in [-0.15, -0.1) is 0 Å². The molecule has 0 amide bonds. The first-order valence-corrected chi connectivity index (χ1v) is 7.56. The zero-order chi connectivity index (χ0) is 15.8. The van der Waals surface area contributed by atoms with Crippen LogP contribution in [0.5, 0.6) is 0 Å². The number of rotatable bonds is 7. The minimum Gasteiger partial charge on any atom is -0.354 e. The Morgan fingerprint density at radius 2 is 2.14 bits per heavy atom. The Morgan fingerprint density at radius 1 is 1.43 bits per heavy atom. The third kappa shape index (κ3) is 5.38. The Bertz CT molecular complexity index is 437. The van der Waals surface area contributed by atoms with Crippen LogP contribution in [0.2, 0.25) is 0 Å². The molecule has 1 aromatic heterocycles. The summed E-state index contributed by atoms with van der Waals surface area (Å²) >= 11 is 0. The quantitative estimate of drug-likeness (QED) is 0.609. The summed E-state index contributed by atoms with van der Waals surface area (Å²) in [5, 5.41) is 7.73. The highest BCUT2D eigenvalue weighted by Gasteiger charge is 2.17. The molecule has 6 nitrogen and oxygen atoms in total. The van der Waals surface area contributed by atoms with Crippen LogP contribution < -0.4 is 5.32 Å². The molecule has 6 heteroatoms. The zero-order valence-corrected chi connectivity index (χ0v) is 14.3. The molecule has 1 aromatic rings. The van der Waals surface area contributed by atoms with Gasteiger partial charge in [-0.3, -0.25) is 9.67 Å². The molecule has 120 valence electrons. The van der Waals surface area contributed by atoms with Crippen molar-refractivity contribution in [2.75, 3.05) is 41.3 Å². The normalized spacial score (nSPS) is 13.6. The summed E-state index contributed by atoms with van der Waals surface area (Å²) in [6.07, 6.45) is 6.36. The van der Waals surface area contributed by atoms with E-state index in [9.17, 15) is 0 Å². The molecule has 1 N–H and O–H groups in total. The van der Waals surface area contributed by atoms with E-state index >= 15 is 0 Å². The van der Waals surface area contributed by atoms with Gasteiger partial charge in [-0.05, 0) is 20.5 Å². The number of likely N-dealkylation sites (N-methyl/N-ethyl adjacent to an activating group) is 1. The van der Waals surface area contributed by atoms with E-state index < -0.39 is 0 Å². The lowest BCUT2D eigenvalue weighted by Crippen LogP contribution is -2.43. The summed E-state index contributed by atoms with van der Waals surface area (Å²) in [5.74, 6) is 0.944. The van der Waals surface area contributed by atoms with Crippen molar-refractivity contribution in [3.05, 3.63) is 18.0 Å². The Morgan fingerprint density at radius 3 is 2.62 bits per heavy atom. The van der Waals surface area contributed by atoms with Gasteiger partial charge in [-0.25, -0.2) is 0 Å². The van der Waals surface area contributed by atoms with Crippen molar-refractivity contribution >= 4 is 5.96 Å². The molecular formula is C15H30N6. The van der Waals surface area contributed by atoms with Gasteiger partial charge in [-0.1, -0.05) is 13.3 Å². The number of hydrogen-bond acceptors (Lipinski definition) is 3. The maximum absolute atomic E-state index is 4.36. The predicted molar refractivity (Wildman–Crippen MR) is 88.5 cm³/mol. The zero-order valence-electron chi connectivity index (χ0n) is 14.3. The minimum atomic E-state index is 0.273. The first-order chi connectivity index (χ1) is 9.99. The smallest absolute Gasteiger partial charge is 0.193 e. The van der Waals surface area contributed by atoms with E-state index in [-0.39, 0.29) is 6.04 Å².